The third-order valence-electron chi connectivity index (χ3n) is 4.40. The quantitative estimate of drug-likeness (QED) is 0.838. The summed E-state index contributed by atoms with van der Waals surface area (Å²) in [5.41, 5.74) is 1.48. The Labute approximate surface area is 149 Å². The van der Waals surface area contributed by atoms with Crippen LogP contribution in [0.2, 0.25) is 0 Å². The fourth-order valence-corrected chi connectivity index (χ4v) is 3.35. The van der Waals surface area contributed by atoms with Crippen molar-refractivity contribution in [2.75, 3.05) is 46.9 Å². The monoisotopic (exact) mass is 339 g/mol. The van der Waals surface area contributed by atoms with Crippen molar-refractivity contribution < 1.29 is 9.15 Å². The van der Waals surface area contributed by atoms with Gasteiger partial charge in [-0.15, -0.1) is 0 Å². The van der Waals surface area contributed by atoms with E-state index in [1.807, 2.05) is 36.4 Å². The Balaban J connectivity index is 1.69. The normalized spacial score (nSPS) is 18.9. The summed E-state index contributed by atoms with van der Waals surface area (Å²) in [6.45, 7) is 5.28. The first-order chi connectivity index (χ1) is 12.2. The molecule has 25 heavy (non-hydrogen) atoms. The van der Waals surface area contributed by atoms with E-state index in [4.69, 9.17) is 9.15 Å². The Morgan fingerprint density at radius 2 is 2.08 bits per heavy atom. The number of nitrogens with zero attached hydrogens (tertiary/aromatic N) is 3. The first-order valence-electron chi connectivity index (χ1n) is 8.68. The third kappa shape index (κ3) is 4.70. The van der Waals surface area contributed by atoms with Crippen LogP contribution >= 0.6 is 0 Å². The van der Waals surface area contributed by atoms with Gasteiger partial charge in [-0.2, -0.15) is 5.26 Å². The van der Waals surface area contributed by atoms with Gasteiger partial charge in [0.25, 0.3) is 0 Å². The molecule has 1 aliphatic heterocycles. The average Bonchev–Trinajstić information content (AvgIpc) is 2.95. The lowest BCUT2D eigenvalue weighted by Gasteiger charge is -2.24. The third-order valence-corrected chi connectivity index (χ3v) is 4.40. The van der Waals surface area contributed by atoms with Crippen LogP contribution in [0.25, 0.3) is 11.3 Å². The minimum absolute atomic E-state index is 0.506. The van der Waals surface area contributed by atoms with E-state index in [-0.39, 0.29) is 0 Å². The summed E-state index contributed by atoms with van der Waals surface area (Å²) in [5.74, 6) is 2.18. The number of ether oxygens (including phenoxy) is 1. The molecule has 5 heteroatoms. The van der Waals surface area contributed by atoms with Crippen molar-refractivity contribution in [1.29, 1.82) is 5.26 Å². The molecule has 0 aliphatic carbocycles. The smallest absolute Gasteiger partial charge is 0.135 e. The SMILES string of the molecule is CN(C)C[C@@H]1COCCN(Cc2ccc(-c3ccccc3C#N)o2)C1. The summed E-state index contributed by atoms with van der Waals surface area (Å²) in [6, 6.07) is 13.7. The second-order valence-electron chi connectivity index (χ2n) is 6.86. The van der Waals surface area contributed by atoms with Crippen LogP contribution in [0.15, 0.2) is 40.8 Å². The van der Waals surface area contributed by atoms with E-state index >= 15 is 0 Å². The van der Waals surface area contributed by atoms with Gasteiger partial charge in [-0.1, -0.05) is 12.1 Å². The van der Waals surface area contributed by atoms with Gasteiger partial charge < -0.3 is 14.1 Å². The number of benzene rings is 1. The van der Waals surface area contributed by atoms with Crippen LogP contribution in [-0.2, 0) is 11.3 Å². The molecule has 0 amide bonds. The van der Waals surface area contributed by atoms with Gasteiger partial charge in [-0.3, -0.25) is 4.90 Å². The summed E-state index contributed by atoms with van der Waals surface area (Å²) in [4.78, 5) is 4.60. The molecule has 2 aromatic rings. The van der Waals surface area contributed by atoms with Gasteiger partial charge in [0.1, 0.15) is 11.5 Å². The first-order valence-corrected chi connectivity index (χ1v) is 8.68. The van der Waals surface area contributed by atoms with E-state index in [0.29, 0.717) is 11.5 Å². The van der Waals surface area contributed by atoms with Gasteiger partial charge in [-0.05, 0) is 38.4 Å². The van der Waals surface area contributed by atoms with Gasteiger partial charge in [0, 0.05) is 31.1 Å². The highest BCUT2D eigenvalue weighted by Gasteiger charge is 2.20. The Hall–Kier alpha value is -2.13. The lowest BCUT2D eigenvalue weighted by molar-refractivity contribution is 0.112. The van der Waals surface area contributed by atoms with Crippen molar-refractivity contribution in [3.05, 3.63) is 47.7 Å². The molecule has 0 bridgehead atoms. The maximum Gasteiger partial charge on any atom is 0.135 e. The molecule has 0 radical (unpaired) electrons. The predicted octanol–water partition coefficient (Wildman–Crippen LogP) is 2.83. The second-order valence-corrected chi connectivity index (χ2v) is 6.86. The number of rotatable bonds is 5. The summed E-state index contributed by atoms with van der Waals surface area (Å²) in [5, 5.41) is 9.26. The summed E-state index contributed by atoms with van der Waals surface area (Å²) in [6.07, 6.45) is 0. The maximum absolute atomic E-state index is 9.26. The van der Waals surface area contributed by atoms with Gasteiger partial charge in [0.15, 0.2) is 0 Å². The molecule has 1 atom stereocenters. The summed E-state index contributed by atoms with van der Waals surface area (Å²) < 4.78 is 11.8. The van der Waals surface area contributed by atoms with Crippen LogP contribution in [0.1, 0.15) is 11.3 Å². The Bertz CT molecular complexity index is 733. The zero-order valence-corrected chi connectivity index (χ0v) is 14.9. The maximum atomic E-state index is 9.26. The molecule has 0 unspecified atom stereocenters. The Kier molecular flexibility index (Phi) is 5.87. The van der Waals surface area contributed by atoms with Crippen LogP contribution in [0.4, 0.5) is 0 Å². The molecule has 1 aromatic carbocycles. The number of nitriles is 1. The highest BCUT2D eigenvalue weighted by molar-refractivity contribution is 5.66. The molecule has 1 saturated heterocycles. The number of hydrogen-bond acceptors (Lipinski definition) is 5. The molecule has 0 saturated carbocycles. The highest BCUT2D eigenvalue weighted by Crippen LogP contribution is 2.26. The summed E-state index contributed by atoms with van der Waals surface area (Å²) >= 11 is 0. The van der Waals surface area contributed by atoms with Crippen LogP contribution in [0.3, 0.4) is 0 Å². The molecule has 5 nitrogen and oxygen atoms in total. The van der Waals surface area contributed by atoms with Crippen molar-refractivity contribution in [2.45, 2.75) is 6.54 Å². The van der Waals surface area contributed by atoms with Gasteiger partial charge in [0.05, 0.1) is 31.4 Å². The van der Waals surface area contributed by atoms with Crippen LogP contribution in [0.5, 0.6) is 0 Å². The Morgan fingerprint density at radius 1 is 1.24 bits per heavy atom. The lowest BCUT2D eigenvalue weighted by Crippen LogP contribution is -2.34. The molecule has 2 heterocycles. The predicted molar refractivity (Wildman–Crippen MR) is 97.0 cm³/mol. The molecule has 132 valence electrons. The zero-order chi connectivity index (χ0) is 17.6. The molecule has 1 fully saturated rings. The van der Waals surface area contributed by atoms with E-state index in [9.17, 15) is 5.26 Å². The van der Waals surface area contributed by atoms with E-state index in [2.05, 4.69) is 30.0 Å². The topological polar surface area (TPSA) is 52.6 Å². The van der Waals surface area contributed by atoms with E-state index < -0.39 is 0 Å². The second kappa shape index (κ2) is 8.30. The van der Waals surface area contributed by atoms with Crippen LogP contribution in [-0.4, -0.2) is 56.7 Å². The van der Waals surface area contributed by atoms with Crippen LogP contribution in [0, 0.1) is 17.2 Å². The molecule has 1 aliphatic rings. The van der Waals surface area contributed by atoms with Gasteiger partial charge in [0.2, 0.25) is 0 Å². The average molecular weight is 339 g/mol. The van der Waals surface area contributed by atoms with E-state index in [0.717, 1.165) is 56.5 Å². The van der Waals surface area contributed by atoms with Crippen LogP contribution < -0.4 is 0 Å². The molecular weight excluding hydrogens is 314 g/mol. The number of furan rings is 1. The molecule has 0 spiro atoms. The van der Waals surface area contributed by atoms with Gasteiger partial charge >= 0.3 is 0 Å². The highest BCUT2D eigenvalue weighted by atomic mass is 16.5. The molecule has 3 rings (SSSR count). The van der Waals surface area contributed by atoms with Crippen molar-refractivity contribution in [3.8, 4) is 17.4 Å². The van der Waals surface area contributed by atoms with Crippen molar-refractivity contribution in [2.24, 2.45) is 5.92 Å². The standard InChI is InChI=1S/C20H25N3O2/c1-22(2)12-16-13-23(9-10-24-15-16)14-18-7-8-20(25-18)19-6-4-3-5-17(19)11-21/h3-8,16H,9-10,12-15H2,1-2H3/t16-/m0/s1. The molecule has 1 aromatic heterocycles. The van der Waals surface area contributed by atoms with E-state index in [1.54, 1.807) is 0 Å². The van der Waals surface area contributed by atoms with Crippen molar-refractivity contribution in [1.82, 2.24) is 9.80 Å². The molecule has 0 N–H and O–H groups in total. The van der Waals surface area contributed by atoms with E-state index in [1.165, 1.54) is 0 Å². The first kappa shape index (κ1) is 17.7. The minimum atomic E-state index is 0.506. The van der Waals surface area contributed by atoms with Crippen molar-refractivity contribution >= 4 is 0 Å². The van der Waals surface area contributed by atoms with Crippen molar-refractivity contribution in [3.63, 3.8) is 0 Å². The summed E-state index contributed by atoms with van der Waals surface area (Å²) in [7, 11) is 4.20. The fourth-order valence-electron chi connectivity index (χ4n) is 3.35. The minimum Gasteiger partial charge on any atom is -0.460 e. The fraction of sp³-hybridized carbons (Fsp3) is 0.450. The zero-order valence-electron chi connectivity index (χ0n) is 14.9. The number of hydrogen-bond donors (Lipinski definition) is 0. The van der Waals surface area contributed by atoms with Gasteiger partial charge in [-0.25, -0.2) is 0 Å². The Morgan fingerprint density at radius 3 is 2.88 bits per heavy atom. The largest absolute Gasteiger partial charge is 0.460 e. The lowest BCUT2D eigenvalue weighted by atomic mass is 10.1. The molecular formula is C20H25N3O2.